The van der Waals surface area contributed by atoms with Crippen LogP contribution in [0.25, 0.3) is 0 Å². The summed E-state index contributed by atoms with van der Waals surface area (Å²) in [7, 11) is 0. The lowest BCUT2D eigenvalue weighted by Gasteiger charge is -2.14. The van der Waals surface area contributed by atoms with Crippen LogP contribution in [-0.2, 0) is 9.59 Å². The summed E-state index contributed by atoms with van der Waals surface area (Å²) < 4.78 is 12.9. The summed E-state index contributed by atoms with van der Waals surface area (Å²) in [6.07, 6.45) is 2.80. The molecule has 1 aromatic carbocycles. The van der Waals surface area contributed by atoms with Gasteiger partial charge in [-0.1, -0.05) is 31.9 Å². The molecule has 0 radical (unpaired) electrons. The van der Waals surface area contributed by atoms with Crippen LogP contribution in [0.2, 0.25) is 0 Å². The Labute approximate surface area is 123 Å². The Morgan fingerprint density at radius 3 is 2.62 bits per heavy atom. The molecule has 2 rings (SSSR count). The van der Waals surface area contributed by atoms with E-state index in [1.54, 1.807) is 12.1 Å². The summed E-state index contributed by atoms with van der Waals surface area (Å²) in [5.41, 5.74) is 0.928. The molecule has 1 aromatic rings. The summed E-state index contributed by atoms with van der Waals surface area (Å²) in [6, 6.07) is 5.30. The van der Waals surface area contributed by atoms with Crippen LogP contribution in [0, 0.1) is 11.7 Å². The number of hydrogen-bond donors (Lipinski definition) is 2. The maximum Gasteiger partial charge on any atom is 0.326 e. The lowest BCUT2D eigenvalue weighted by Crippen LogP contribution is -2.41. The monoisotopic (exact) mass is 293 g/mol. The minimum absolute atomic E-state index is 0.0752. The van der Waals surface area contributed by atoms with E-state index in [4.69, 9.17) is 5.11 Å². The number of benzene rings is 1. The Morgan fingerprint density at radius 2 is 2.05 bits per heavy atom. The second kappa shape index (κ2) is 6.70. The number of amides is 1. The topological polar surface area (TPSA) is 66.4 Å². The number of unbranched alkanes of at least 4 members (excludes halogenated alkanes) is 1. The first-order chi connectivity index (χ1) is 10.0. The standard InChI is InChI=1S/C16H20FNO3/c1-2-3-4-14(16(20)21)18-15(19)13-9-12(13)10-5-7-11(17)8-6-10/h5-8,12-14H,2-4,9H2,1H3,(H,18,19)(H,20,21)/t12?,13?,14-/m0/s1. The normalized spacial score (nSPS) is 21.6. The first-order valence-electron chi connectivity index (χ1n) is 7.31. The van der Waals surface area contributed by atoms with Crippen LogP contribution >= 0.6 is 0 Å². The van der Waals surface area contributed by atoms with E-state index in [1.165, 1.54) is 12.1 Å². The minimum Gasteiger partial charge on any atom is -0.480 e. The van der Waals surface area contributed by atoms with E-state index in [-0.39, 0.29) is 23.6 Å². The number of aliphatic carboxylic acids is 1. The Bertz CT molecular complexity index is 515. The first-order valence-corrected chi connectivity index (χ1v) is 7.31. The molecule has 2 N–H and O–H groups in total. The quantitative estimate of drug-likeness (QED) is 0.812. The summed E-state index contributed by atoms with van der Waals surface area (Å²) in [4.78, 5) is 23.2. The molecule has 1 amide bonds. The van der Waals surface area contributed by atoms with Crippen LogP contribution in [0.15, 0.2) is 24.3 Å². The SMILES string of the molecule is CCCC[C@H](NC(=O)C1CC1c1ccc(F)cc1)C(=O)O. The third kappa shape index (κ3) is 4.03. The van der Waals surface area contributed by atoms with Gasteiger partial charge in [0.1, 0.15) is 11.9 Å². The van der Waals surface area contributed by atoms with E-state index in [0.29, 0.717) is 12.8 Å². The summed E-state index contributed by atoms with van der Waals surface area (Å²) in [5, 5.41) is 11.7. The minimum atomic E-state index is -0.990. The van der Waals surface area contributed by atoms with Crippen molar-refractivity contribution in [2.45, 2.75) is 44.6 Å². The van der Waals surface area contributed by atoms with Crippen molar-refractivity contribution in [3.8, 4) is 0 Å². The highest BCUT2D eigenvalue weighted by atomic mass is 19.1. The Kier molecular flexibility index (Phi) is 4.94. The van der Waals surface area contributed by atoms with Crippen molar-refractivity contribution in [2.75, 3.05) is 0 Å². The van der Waals surface area contributed by atoms with Gasteiger partial charge < -0.3 is 10.4 Å². The molecule has 2 unspecified atom stereocenters. The number of carbonyl (C=O) groups is 2. The van der Waals surface area contributed by atoms with Crippen molar-refractivity contribution in [3.63, 3.8) is 0 Å². The molecule has 0 aromatic heterocycles. The molecule has 0 saturated heterocycles. The highest BCUT2D eigenvalue weighted by Gasteiger charge is 2.44. The van der Waals surface area contributed by atoms with Gasteiger partial charge in [-0.2, -0.15) is 0 Å². The molecule has 0 aliphatic heterocycles. The van der Waals surface area contributed by atoms with Crippen LogP contribution in [-0.4, -0.2) is 23.0 Å². The average Bonchev–Trinajstić information content (AvgIpc) is 3.24. The summed E-state index contributed by atoms with van der Waals surface area (Å²) >= 11 is 0. The maximum atomic E-state index is 12.9. The molecule has 1 saturated carbocycles. The lowest BCUT2D eigenvalue weighted by atomic mass is 10.1. The number of nitrogens with one attached hydrogen (secondary N) is 1. The lowest BCUT2D eigenvalue weighted by molar-refractivity contribution is -0.142. The van der Waals surface area contributed by atoms with E-state index in [0.717, 1.165) is 18.4 Å². The third-order valence-electron chi connectivity index (χ3n) is 3.89. The van der Waals surface area contributed by atoms with Crippen molar-refractivity contribution < 1.29 is 19.1 Å². The van der Waals surface area contributed by atoms with E-state index < -0.39 is 12.0 Å². The molecular weight excluding hydrogens is 273 g/mol. The molecular formula is C16H20FNO3. The van der Waals surface area contributed by atoms with Gasteiger partial charge in [0.25, 0.3) is 0 Å². The predicted octanol–water partition coefficient (Wildman–Crippen LogP) is 2.69. The molecule has 1 fully saturated rings. The van der Waals surface area contributed by atoms with Gasteiger partial charge in [0.15, 0.2) is 0 Å². The van der Waals surface area contributed by atoms with Gasteiger partial charge >= 0.3 is 5.97 Å². The van der Waals surface area contributed by atoms with Crippen LogP contribution in [0.4, 0.5) is 4.39 Å². The van der Waals surface area contributed by atoms with Crippen molar-refractivity contribution in [1.82, 2.24) is 5.32 Å². The van der Waals surface area contributed by atoms with Crippen LogP contribution < -0.4 is 5.32 Å². The number of carboxylic acid groups (broad SMARTS) is 1. The van der Waals surface area contributed by atoms with E-state index in [2.05, 4.69) is 5.32 Å². The zero-order valence-electron chi connectivity index (χ0n) is 12.0. The van der Waals surface area contributed by atoms with Gasteiger partial charge in [0.05, 0.1) is 0 Å². The first kappa shape index (κ1) is 15.5. The molecule has 114 valence electrons. The Hall–Kier alpha value is -1.91. The second-order valence-corrected chi connectivity index (χ2v) is 5.54. The Balaban J connectivity index is 1.90. The number of carboxylic acids is 1. The van der Waals surface area contributed by atoms with E-state index in [9.17, 15) is 14.0 Å². The van der Waals surface area contributed by atoms with E-state index >= 15 is 0 Å². The van der Waals surface area contributed by atoms with Gasteiger partial charge in [0, 0.05) is 5.92 Å². The number of hydrogen-bond acceptors (Lipinski definition) is 2. The zero-order chi connectivity index (χ0) is 15.4. The fourth-order valence-corrected chi connectivity index (χ4v) is 2.51. The van der Waals surface area contributed by atoms with Crippen molar-refractivity contribution >= 4 is 11.9 Å². The summed E-state index contributed by atoms with van der Waals surface area (Å²) in [5.74, 6) is -1.63. The van der Waals surface area contributed by atoms with Gasteiger partial charge in [0.2, 0.25) is 5.91 Å². The molecule has 0 bridgehead atoms. The largest absolute Gasteiger partial charge is 0.480 e. The molecule has 4 nitrogen and oxygen atoms in total. The highest BCUT2D eigenvalue weighted by molar-refractivity contribution is 5.87. The maximum absolute atomic E-state index is 12.9. The molecule has 1 aliphatic carbocycles. The molecule has 3 atom stereocenters. The molecule has 1 aliphatic rings. The van der Waals surface area contributed by atoms with Gasteiger partial charge in [-0.15, -0.1) is 0 Å². The second-order valence-electron chi connectivity index (χ2n) is 5.54. The van der Waals surface area contributed by atoms with Crippen molar-refractivity contribution in [2.24, 2.45) is 5.92 Å². The molecule has 0 spiro atoms. The summed E-state index contributed by atoms with van der Waals surface area (Å²) in [6.45, 7) is 1.98. The predicted molar refractivity (Wildman–Crippen MR) is 76.3 cm³/mol. The number of halogens is 1. The van der Waals surface area contributed by atoms with Crippen LogP contribution in [0.5, 0.6) is 0 Å². The highest BCUT2D eigenvalue weighted by Crippen LogP contribution is 2.47. The smallest absolute Gasteiger partial charge is 0.326 e. The average molecular weight is 293 g/mol. The fourth-order valence-electron chi connectivity index (χ4n) is 2.51. The van der Waals surface area contributed by atoms with Gasteiger partial charge in [-0.3, -0.25) is 4.79 Å². The fraction of sp³-hybridized carbons (Fsp3) is 0.500. The molecule has 5 heteroatoms. The van der Waals surface area contributed by atoms with Crippen molar-refractivity contribution in [3.05, 3.63) is 35.6 Å². The van der Waals surface area contributed by atoms with Crippen LogP contribution in [0.3, 0.4) is 0 Å². The van der Waals surface area contributed by atoms with Gasteiger partial charge in [-0.25, -0.2) is 9.18 Å². The van der Waals surface area contributed by atoms with Crippen LogP contribution in [0.1, 0.15) is 44.1 Å². The van der Waals surface area contributed by atoms with Crippen molar-refractivity contribution in [1.29, 1.82) is 0 Å². The Morgan fingerprint density at radius 1 is 1.38 bits per heavy atom. The molecule has 0 heterocycles. The number of rotatable bonds is 7. The van der Waals surface area contributed by atoms with Gasteiger partial charge in [-0.05, 0) is 36.5 Å². The third-order valence-corrected chi connectivity index (χ3v) is 3.89. The molecule has 21 heavy (non-hydrogen) atoms. The number of carbonyl (C=O) groups excluding carboxylic acids is 1. The zero-order valence-corrected chi connectivity index (χ0v) is 12.0. The van der Waals surface area contributed by atoms with E-state index in [1.807, 2.05) is 6.92 Å².